The fourth-order valence-corrected chi connectivity index (χ4v) is 1.37. The summed E-state index contributed by atoms with van der Waals surface area (Å²) in [4.78, 5) is 0. The molecule has 0 radical (unpaired) electrons. The number of allylic oxidation sites excluding steroid dienone is 1. The Labute approximate surface area is 83.3 Å². The second-order valence-electron chi connectivity index (χ2n) is 2.83. The van der Waals surface area contributed by atoms with Crippen LogP contribution in [-0.4, -0.2) is 0 Å². The van der Waals surface area contributed by atoms with Gasteiger partial charge in [-0.15, -0.1) is 0 Å². The molecule has 0 aliphatic rings. The van der Waals surface area contributed by atoms with Gasteiger partial charge in [0.1, 0.15) is 0 Å². The van der Waals surface area contributed by atoms with Crippen LogP contribution in [0.25, 0.3) is 12.2 Å². The average Bonchev–Trinajstić information content (AvgIpc) is 2.21. The van der Waals surface area contributed by atoms with Gasteiger partial charge in [-0.2, -0.15) is 5.26 Å². The van der Waals surface area contributed by atoms with Gasteiger partial charge in [0, 0.05) is 10.9 Å². The first-order valence-corrected chi connectivity index (χ1v) is 4.32. The Morgan fingerprint density at radius 3 is 2.64 bits per heavy atom. The molecule has 1 aromatic carbocycles. The van der Waals surface area contributed by atoms with Gasteiger partial charge in [-0.3, -0.25) is 0 Å². The van der Waals surface area contributed by atoms with Crippen LogP contribution in [0.1, 0.15) is 12.5 Å². The van der Waals surface area contributed by atoms with E-state index in [4.69, 9.17) is 11.0 Å². The lowest BCUT2D eigenvalue weighted by atomic mass is 10.1. The number of hydrogen-bond donors (Lipinski definition) is 1. The maximum atomic E-state index is 8.88. The molecule has 0 unspecified atom stereocenters. The smallest absolute Gasteiger partial charge is 0.0998 e. The number of rotatable bonds is 1. The molecule has 0 atom stereocenters. The molecular weight excluding hydrogens is 172 g/mol. The van der Waals surface area contributed by atoms with Crippen LogP contribution in [0.3, 0.4) is 0 Å². The Kier molecular flexibility index (Phi) is 3.09. The largest absolute Gasteiger partial charge is 0.398 e. The summed E-state index contributed by atoms with van der Waals surface area (Å²) in [7, 11) is 0. The third-order valence-electron chi connectivity index (χ3n) is 2.01. The lowest BCUT2D eigenvalue weighted by molar-refractivity contribution is 1.42. The molecule has 0 saturated carbocycles. The summed E-state index contributed by atoms with van der Waals surface area (Å²) in [5.41, 5.74) is 7.10. The van der Waals surface area contributed by atoms with Crippen molar-refractivity contribution in [3.05, 3.63) is 40.8 Å². The van der Waals surface area contributed by atoms with E-state index in [1.54, 1.807) is 18.2 Å². The number of benzene rings is 1. The van der Waals surface area contributed by atoms with E-state index in [1.165, 1.54) is 0 Å². The van der Waals surface area contributed by atoms with Crippen LogP contribution in [0, 0.1) is 11.3 Å². The molecule has 1 rings (SSSR count). The minimum absolute atomic E-state index is 0.634. The molecule has 0 aliphatic heterocycles. The highest BCUT2D eigenvalue weighted by Crippen LogP contribution is 1.93. The second-order valence-corrected chi connectivity index (χ2v) is 2.83. The van der Waals surface area contributed by atoms with Gasteiger partial charge in [-0.05, 0) is 24.3 Å². The number of anilines is 1. The van der Waals surface area contributed by atoms with E-state index in [0.717, 1.165) is 10.4 Å². The third-order valence-corrected chi connectivity index (χ3v) is 2.01. The Morgan fingerprint density at radius 2 is 2.14 bits per heavy atom. The van der Waals surface area contributed by atoms with Crippen LogP contribution in [0.15, 0.2) is 24.8 Å². The molecule has 14 heavy (non-hydrogen) atoms. The summed E-state index contributed by atoms with van der Waals surface area (Å²) in [5, 5.41) is 10.6. The van der Waals surface area contributed by atoms with Crippen molar-refractivity contribution < 1.29 is 0 Å². The maximum absolute atomic E-state index is 8.88. The first-order valence-electron chi connectivity index (χ1n) is 4.32. The number of nitrogens with two attached hydrogens (primary N) is 1. The van der Waals surface area contributed by atoms with Gasteiger partial charge < -0.3 is 5.73 Å². The molecule has 0 amide bonds. The molecule has 0 aliphatic carbocycles. The standard InChI is InChI=1S/C12H12N2/c1-3-5-11-10(4-2)9(8-13)6-7-12(11)14/h3-7H,1,14H2,2H3/b10-4-,11-5+. The molecule has 2 heteroatoms. The first-order chi connectivity index (χ1) is 6.74. The minimum Gasteiger partial charge on any atom is -0.398 e. The predicted octanol–water partition coefficient (Wildman–Crippen LogP) is 0.907. The van der Waals surface area contributed by atoms with E-state index in [0.29, 0.717) is 11.3 Å². The minimum atomic E-state index is 0.634. The van der Waals surface area contributed by atoms with Crippen LogP contribution in [0.4, 0.5) is 5.69 Å². The summed E-state index contributed by atoms with van der Waals surface area (Å²) < 4.78 is 0. The van der Waals surface area contributed by atoms with Gasteiger partial charge in [0.15, 0.2) is 0 Å². The van der Waals surface area contributed by atoms with Crippen molar-refractivity contribution in [1.82, 2.24) is 0 Å². The maximum Gasteiger partial charge on any atom is 0.0998 e. The molecule has 70 valence electrons. The molecule has 0 spiro atoms. The highest BCUT2D eigenvalue weighted by atomic mass is 14.5. The van der Waals surface area contributed by atoms with Crippen molar-refractivity contribution in [1.29, 1.82) is 5.26 Å². The Bertz CT molecular complexity index is 504. The van der Waals surface area contributed by atoms with Gasteiger partial charge in [0.25, 0.3) is 0 Å². The van der Waals surface area contributed by atoms with Crippen LogP contribution in [-0.2, 0) is 0 Å². The number of hydrogen-bond acceptors (Lipinski definition) is 2. The van der Waals surface area contributed by atoms with E-state index in [2.05, 4.69) is 12.6 Å². The fourth-order valence-electron chi connectivity index (χ4n) is 1.37. The van der Waals surface area contributed by atoms with Crippen molar-refractivity contribution in [2.24, 2.45) is 0 Å². The summed E-state index contributed by atoms with van der Waals surface area (Å²) in [6, 6.07) is 5.60. The van der Waals surface area contributed by atoms with E-state index in [1.807, 2.05) is 19.1 Å². The normalized spacial score (nSPS) is 12.6. The van der Waals surface area contributed by atoms with Crippen LogP contribution in [0.2, 0.25) is 0 Å². The second kappa shape index (κ2) is 4.29. The van der Waals surface area contributed by atoms with Crippen molar-refractivity contribution in [2.75, 3.05) is 5.73 Å². The quantitative estimate of drug-likeness (QED) is 0.659. The molecular formula is C12H12N2. The van der Waals surface area contributed by atoms with Gasteiger partial charge in [0.05, 0.1) is 11.6 Å². The lowest BCUT2D eigenvalue weighted by Crippen LogP contribution is -2.30. The first kappa shape index (κ1) is 10.1. The monoisotopic (exact) mass is 184 g/mol. The van der Waals surface area contributed by atoms with Crippen LogP contribution >= 0.6 is 0 Å². The van der Waals surface area contributed by atoms with Gasteiger partial charge >= 0.3 is 0 Å². The summed E-state index contributed by atoms with van der Waals surface area (Å²) in [6.45, 7) is 5.51. The molecule has 0 bridgehead atoms. The number of nitrogen functional groups attached to an aromatic ring is 1. The van der Waals surface area contributed by atoms with Gasteiger partial charge in [-0.25, -0.2) is 0 Å². The topological polar surface area (TPSA) is 49.8 Å². The SMILES string of the molecule is C=C/C=c1/c(N)ccc(C#N)/c1=C/C. The fraction of sp³-hybridized carbons (Fsp3) is 0.0833. The Morgan fingerprint density at radius 1 is 1.43 bits per heavy atom. The molecule has 2 N–H and O–H groups in total. The highest BCUT2D eigenvalue weighted by molar-refractivity contribution is 5.54. The van der Waals surface area contributed by atoms with Gasteiger partial charge in [0.2, 0.25) is 0 Å². The van der Waals surface area contributed by atoms with Gasteiger partial charge in [-0.1, -0.05) is 24.8 Å². The lowest BCUT2D eigenvalue weighted by Gasteiger charge is -1.97. The molecule has 0 saturated heterocycles. The van der Waals surface area contributed by atoms with E-state index in [-0.39, 0.29) is 0 Å². The summed E-state index contributed by atoms with van der Waals surface area (Å²) in [6.07, 6.45) is 5.36. The third kappa shape index (κ3) is 1.67. The highest BCUT2D eigenvalue weighted by Gasteiger charge is 1.96. The number of nitriles is 1. The summed E-state index contributed by atoms with van der Waals surface area (Å²) in [5.74, 6) is 0. The molecule has 0 fully saturated rings. The summed E-state index contributed by atoms with van der Waals surface area (Å²) >= 11 is 0. The average molecular weight is 184 g/mol. The van der Waals surface area contributed by atoms with E-state index >= 15 is 0 Å². The number of nitrogens with zero attached hydrogens (tertiary/aromatic N) is 1. The molecule has 0 aromatic heterocycles. The van der Waals surface area contributed by atoms with E-state index in [9.17, 15) is 0 Å². The van der Waals surface area contributed by atoms with Crippen molar-refractivity contribution in [3.8, 4) is 6.07 Å². The van der Waals surface area contributed by atoms with Crippen molar-refractivity contribution in [2.45, 2.75) is 6.92 Å². The Balaban J connectivity index is 3.82. The predicted molar refractivity (Wildman–Crippen MR) is 59.6 cm³/mol. The van der Waals surface area contributed by atoms with Crippen molar-refractivity contribution >= 4 is 17.8 Å². The zero-order valence-electron chi connectivity index (χ0n) is 8.12. The zero-order chi connectivity index (χ0) is 10.6. The molecule has 2 nitrogen and oxygen atoms in total. The van der Waals surface area contributed by atoms with E-state index < -0.39 is 0 Å². The Hall–Kier alpha value is -2.01. The zero-order valence-corrected chi connectivity index (χ0v) is 8.12. The molecule has 0 heterocycles. The van der Waals surface area contributed by atoms with Crippen LogP contribution < -0.4 is 16.2 Å². The van der Waals surface area contributed by atoms with Crippen LogP contribution in [0.5, 0.6) is 0 Å². The molecule has 1 aromatic rings. The van der Waals surface area contributed by atoms with Crippen molar-refractivity contribution in [3.63, 3.8) is 0 Å².